The van der Waals surface area contributed by atoms with E-state index in [-0.39, 0.29) is 29.2 Å². The van der Waals surface area contributed by atoms with Crippen molar-refractivity contribution in [2.45, 2.75) is 30.5 Å². The number of aromatic nitrogens is 3. The third-order valence-electron chi connectivity index (χ3n) is 5.21. The highest BCUT2D eigenvalue weighted by atomic mass is 35.5. The van der Waals surface area contributed by atoms with Crippen molar-refractivity contribution in [1.29, 1.82) is 0 Å². The maximum Gasteiger partial charge on any atom is 0.238 e. The van der Waals surface area contributed by atoms with Gasteiger partial charge in [-0.1, -0.05) is 35.5 Å². The zero-order valence-corrected chi connectivity index (χ0v) is 19.3. The van der Waals surface area contributed by atoms with Crippen molar-refractivity contribution in [1.82, 2.24) is 14.8 Å². The fourth-order valence-electron chi connectivity index (χ4n) is 3.64. The van der Waals surface area contributed by atoms with Gasteiger partial charge in [0.2, 0.25) is 6.29 Å². The molecular formula is C24H17ClF3N3O2S. The number of halogens is 4. The van der Waals surface area contributed by atoms with Crippen LogP contribution in [0, 0.1) is 17.5 Å². The van der Waals surface area contributed by atoms with E-state index in [0.717, 1.165) is 29.5 Å². The first kappa shape index (κ1) is 22.6. The SMILES string of the molecule is CC1Oc2ccc(Cc3nnc(SCc4c(F)cccc4Cl)n3-c3ccc(F)cc3F)cc2O1. The lowest BCUT2D eigenvalue weighted by Crippen LogP contribution is -2.11. The minimum atomic E-state index is -0.772. The van der Waals surface area contributed by atoms with Gasteiger partial charge in [-0.15, -0.1) is 10.2 Å². The van der Waals surface area contributed by atoms with E-state index in [9.17, 15) is 13.2 Å². The Morgan fingerprint density at radius 1 is 0.971 bits per heavy atom. The summed E-state index contributed by atoms with van der Waals surface area (Å²) in [4.78, 5) is 0. The first-order valence-electron chi connectivity index (χ1n) is 10.3. The summed E-state index contributed by atoms with van der Waals surface area (Å²) >= 11 is 7.29. The molecule has 34 heavy (non-hydrogen) atoms. The molecule has 1 aliphatic rings. The van der Waals surface area contributed by atoms with Crippen LogP contribution in [0.3, 0.4) is 0 Å². The Bertz CT molecular complexity index is 1360. The number of hydrogen-bond acceptors (Lipinski definition) is 5. The average Bonchev–Trinajstić information content (AvgIpc) is 3.35. The summed E-state index contributed by atoms with van der Waals surface area (Å²) in [6.07, 6.45) is -0.0917. The van der Waals surface area contributed by atoms with Gasteiger partial charge in [0.1, 0.15) is 23.3 Å². The lowest BCUT2D eigenvalue weighted by Gasteiger charge is -2.12. The second kappa shape index (κ2) is 9.23. The zero-order chi connectivity index (χ0) is 23.8. The Kier molecular flexibility index (Phi) is 6.14. The molecule has 1 aromatic heterocycles. The molecule has 1 unspecified atom stereocenters. The lowest BCUT2D eigenvalue weighted by atomic mass is 10.1. The molecule has 0 N–H and O–H groups in total. The van der Waals surface area contributed by atoms with Crippen molar-refractivity contribution in [2.75, 3.05) is 0 Å². The average molecular weight is 504 g/mol. The zero-order valence-electron chi connectivity index (χ0n) is 17.8. The molecule has 0 saturated carbocycles. The molecule has 0 bridgehead atoms. The maximum absolute atomic E-state index is 14.8. The summed E-state index contributed by atoms with van der Waals surface area (Å²) in [6.45, 7) is 1.79. The molecule has 0 spiro atoms. The Morgan fingerprint density at radius 2 is 1.79 bits per heavy atom. The van der Waals surface area contributed by atoms with Crippen molar-refractivity contribution >= 4 is 23.4 Å². The third-order valence-corrected chi connectivity index (χ3v) is 6.52. The van der Waals surface area contributed by atoms with Crippen LogP contribution >= 0.6 is 23.4 Å². The molecule has 0 fully saturated rings. The predicted octanol–water partition coefficient (Wildman–Crippen LogP) is 6.34. The highest BCUT2D eigenvalue weighted by Gasteiger charge is 2.23. The van der Waals surface area contributed by atoms with Gasteiger partial charge in [-0.2, -0.15) is 0 Å². The van der Waals surface area contributed by atoms with E-state index in [1.165, 1.54) is 22.8 Å². The van der Waals surface area contributed by atoms with E-state index in [1.54, 1.807) is 19.1 Å². The van der Waals surface area contributed by atoms with Gasteiger partial charge in [-0.05, 0) is 42.0 Å². The molecule has 1 atom stereocenters. The minimum absolute atomic E-state index is 0.0814. The summed E-state index contributed by atoms with van der Waals surface area (Å²) in [7, 11) is 0. The molecule has 2 heterocycles. The van der Waals surface area contributed by atoms with E-state index >= 15 is 0 Å². The topological polar surface area (TPSA) is 49.2 Å². The highest BCUT2D eigenvalue weighted by molar-refractivity contribution is 7.98. The Balaban J connectivity index is 1.51. The maximum atomic E-state index is 14.8. The summed E-state index contributed by atoms with van der Waals surface area (Å²) < 4.78 is 55.3. The van der Waals surface area contributed by atoms with Crippen LogP contribution in [0.5, 0.6) is 11.5 Å². The van der Waals surface area contributed by atoms with E-state index in [1.807, 2.05) is 12.1 Å². The minimum Gasteiger partial charge on any atom is -0.451 e. The number of benzene rings is 3. The van der Waals surface area contributed by atoms with Crippen LogP contribution in [0.4, 0.5) is 13.2 Å². The van der Waals surface area contributed by atoms with Gasteiger partial charge in [-0.3, -0.25) is 4.57 Å². The van der Waals surface area contributed by atoms with Gasteiger partial charge in [0, 0.05) is 35.7 Å². The first-order valence-corrected chi connectivity index (χ1v) is 11.7. The summed E-state index contributed by atoms with van der Waals surface area (Å²) in [5.41, 5.74) is 1.22. The van der Waals surface area contributed by atoms with Crippen molar-refractivity contribution in [3.8, 4) is 17.2 Å². The number of thioether (sulfide) groups is 1. The molecule has 4 aromatic rings. The molecule has 0 radical (unpaired) electrons. The van der Waals surface area contributed by atoms with Gasteiger partial charge in [0.25, 0.3) is 0 Å². The lowest BCUT2D eigenvalue weighted by molar-refractivity contribution is 0.0678. The van der Waals surface area contributed by atoms with Crippen LogP contribution in [-0.2, 0) is 12.2 Å². The second-order valence-corrected chi connectivity index (χ2v) is 8.93. The molecule has 5 nitrogen and oxygen atoms in total. The van der Waals surface area contributed by atoms with Gasteiger partial charge < -0.3 is 9.47 Å². The summed E-state index contributed by atoms with van der Waals surface area (Å²) in [5, 5.41) is 9.05. The van der Waals surface area contributed by atoms with E-state index in [0.29, 0.717) is 28.0 Å². The summed E-state index contributed by atoms with van der Waals surface area (Å²) in [5.74, 6) is -0.116. The molecule has 3 aromatic carbocycles. The van der Waals surface area contributed by atoms with Gasteiger partial charge in [0.05, 0.1) is 5.69 Å². The van der Waals surface area contributed by atoms with Crippen molar-refractivity contribution in [3.05, 3.63) is 94.0 Å². The van der Waals surface area contributed by atoms with Crippen LogP contribution in [0.15, 0.2) is 59.8 Å². The van der Waals surface area contributed by atoms with Crippen LogP contribution in [-0.4, -0.2) is 21.1 Å². The van der Waals surface area contributed by atoms with Crippen LogP contribution in [0.25, 0.3) is 5.69 Å². The third kappa shape index (κ3) is 4.45. The molecule has 10 heteroatoms. The molecule has 0 saturated heterocycles. The fraction of sp³-hybridized carbons (Fsp3) is 0.167. The second-order valence-electron chi connectivity index (χ2n) is 7.58. The Labute approximate surface area is 202 Å². The van der Waals surface area contributed by atoms with Crippen molar-refractivity contribution in [2.24, 2.45) is 0 Å². The van der Waals surface area contributed by atoms with E-state index in [2.05, 4.69) is 10.2 Å². The monoisotopic (exact) mass is 503 g/mol. The number of hydrogen-bond donors (Lipinski definition) is 0. The molecule has 1 aliphatic heterocycles. The number of ether oxygens (including phenoxy) is 2. The van der Waals surface area contributed by atoms with E-state index in [4.69, 9.17) is 21.1 Å². The molecule has 0 aliphatic carbocycles. The predicted molar refractivity (Wildman–Crippen MR) is 122 cm³/mol. The number of nitrogens with zero attached hydrogens (tertiary/aromatic N) is 3. The number of rotatable bonds is 6. The first-order chi connectivity index (χ1) is 16.4. The van der Waals surface area contributed by atoms with Gasteiger partial charge in [-0.25, -0.2) is 13.2 Å². The normalized spacial score (nSPS) is 14.6. The van der Waals surface area contributed by atoms with E-state index < -0.39 is 17.5 Å². The fourth-order valence-corrected chi connectivity index (χ4v) is 4.94. The largest absolute Gasteiger partial charge is 0.451 e. The molecular weight excluding hydrogens is 487 g/mol. The van der Waals surface area contributed by atoms with Gasteiger partial charge in [0.15, 0.2) is 16.7 Å². The van der Waals surface area contributed by atoms with Crippen LogP contribution < -0.4 is 9.47 Å². The Morgan fingerprint density at radius 3 is 2.59 bits per heavy atom. The molecule has 174 valence electrons. The van der Waals surface area contributed by atoms with Crippen LogP contribution in [0.2, 0.25) is 5.02 Å². The Hall–Kier alpha value is -3.17. The quantitative estimate of drug-likeness (QED) is 0.287. The van der Waals surface area contributed by atoms with Crippen molar-refractivity contribution < 1.29 is 22.6 Å². The van der Waals surface area contributed by atoms with Crippen LogP contribution in [0.1, 0.15) is 23.9 Å². The number of fused-ring (bicyclic) bond motifs is 1. The van der Waals surface area contributed by atoms with Gasteiger partial charge >= 0.3 is 0 Å². The highest BCUT2D eigenvalue weighted by Crippen LogP contribution is 2.36. The molecule has 0 amide bonds. The summed E-state index contributed by atoms with van der Waals surface area (Å²) in [6, 6.07) is 13.2. The standard InChI is InChI=1S/C24H17ClF3N3O2S/c1-13-32-21-8-5-14(9-22(21)33-13)10-23-29-30-24(31(23)20-7-6-15(26)11-19(20)28)34-12-16-17(25)3-2-4-18(16)27/h2-9,11,13H,10,12H2,1H3. The molecule has 5 rings (SSSR count). The van der Waals surface area contributed by atoms with Crippen molar-refractivity contribution in [3.63, 3.8) is 0 Å². The smallest absolute Gasteiger partial charge is 0.238 e.